The monoisotopic (exact) mass is 284 g/mol. The Morgan fingerprint density at radius 1 is 1.45 bits per heavy atom. The molecule has 1 fully saturated rings. The summed E-state index contributed by atoms with van der Waals surface area (Å²) in [4.78, 5) is 24.3. The quantitative estimate of drug-likeness (QED) is 0.880. The first kappa shape index (κ1) is 14.2. The van der Waals surface area contributed by atoms with Gasteiger partial charge in [0.2, 0.25) is 11.8 Å². The van der Waals surface area contributed by atoms with E-state index in [0.29, 0.717) is 5.56 Å². The lowest BCUT2D eigenvalue weighted by atomic mass is 10.1. The number of nitrogens with zero attached hydrogens (tertiary/aromatic N) is 1. The van der Waals surface area contributed by atoms with Gasteiger partial charge in [-0.2, -0.15) is 8.78 Å². The highest BCUT2D eigenvalue weighted by molar-refractivity contribution is 5.88. The van der Waals surface area contributed by atoms with Crippen molar-refractivity contribution in [3.05, 3.63) is 29.8 Å². The molecule has 0 bridgehead atoms. The number of carbonyl (C=O) groups excluding carboxylic acids is 2. The van der Waals surface area contributed by atoms with E-state index in [1.807, 2.05) is 0 Å². The summed E-state index contributed by atoms with van der Waals surface area (Å²) in [7, 11) is 0. The maximum Gasteiger partial charge on any atom is 0.387 e. The molecular formula is C13H14F2N2O3. The van der Waals surface area contributed by atoms with Gasteiger partial charge < -0.3 is 15.4 Å². The molecule has 0 aromatic heterocycles. The van der Waals surface area contributed by atoms with E-state index in [2.05, 4.69) is 4.74 Å². The lowest BCUT2D eigenvalue weighted by molar-refractivity contribution is -0.128. The number of alkyl halides is 2. The second-order valence-electron chi connectivity index (χ2n) is 4.56. The first-order valence-electron chi connectivity index (χ1n) is 6.07. The Balaban J connectivity index is 2.10. The molecular weight excluding hydrogens is 270 g/mol. The smallest absolute Gasteiger partial charge is 0.387 e. The van der Waals surface area contributed by atoms with Crippen LogP contribution in [0.1, 0.15) is 12.0 Å². The number of hydrogen-bond donors (Lipinski definition) is 1. The van der Waals surface area contributed by atoms with E-state index in [-0.39, 0.29) is 31.2 Å². The van der Waals surface area contributed by atoms with Gasteiger partial charge in [0.1, 0.15) is 5.75 Å². The van der Waals surface area contributed by atoms with Crippen LogP contribution in [-0.4, -0.2) is 29.9 Å². The molecule has 7 heteroatoms. The second kappa shape index (κ2) is 5.85. The van der Waals surface area contributed by atoms with E-state index in [9.17, 15) is 18.4 Å². The van der Waals surface area contributed by atoms with Crippen molar-refractivity contribution < 1.29 is 23.1 Å². The zero-order chi connectivity index (χ0) is 14.7. The highest BCUT2D eigenvalue weighted by Crippen LogP contribution is 2.25. The summed E-state index contributed by atoms with van der Waals surface area (Å²) < 4.78 is 29.0. The van der Waals surface area contributed by atoms with Gasteiger partial charge in [0, 0.05) is 25.1 Å². The van der Waals surface area contributed by atoms with Crippen LogP contribution in [0.15, 0.2) is 24.3 Å². The van der Waals surface area contributed by atoms with Crippen LogP contribution in [-0.2, 0) is 16.1 Å². The zero-order valence-electron chi connectivity index (χ0n) is 10.6. The fourth-order valence-corrected chi connectivity index (χ4v) is 2.17. The number of ether oxygens (including phenoxy) is 1. The van der Waals surface area contributed by atoms with E-state index in [1.165, 1.54) is 11.0 Å². The molecule has 0 radical (unpaired) electrons. The standard InChI is InChI=1S/C13H14F2N2O3/c14-13(15)20-10-4-2-1-3-8(10)6-17-7-9(12(16)19)5-11(17)18/h1-4,9,13H,5-7H2,(H2,16,19). The van der Waals surface area contributed by atoms with Crippen molar-refractivity contribution in [2.45, 2.75) is 19.6 Å². The van der Waals surface area contributed by atoms with Gasteiger partial charge in [0.15, 0.2) is 0 Å². The number of benzene rings is 1. The van der Waals surface area contributed by atoms with Crippen molar-refractivity contribution >= 4 is 11.8 Å². The molecule has 1 atom stereocenters. The van der Waals surface area contributed by atoms with Crippen molar-refractivity contribution in [2.24, 2.45) is 11.7 Å². The van der Waals surface area contributed by atoms with Crippen LogP contribution in [0, 0.1) is 5.92 Å². The second-order valence-corrected chi connectivity index (χ2v) is 4.56. The Labute approximate surface area is 114 Å². The molecule has 0 aliphatic carbocycles. The van der Waals surface area contributed by atoms with Crippen LogP contribution in [0.5, 0.6) is 5.75 Å². The Kier molecular flexibility index (Phi) is 4.16. The summed E-state index contributed by atoms with van der Waals surface area (Å²) in [5, 5.41) is 0. The summed E-state index contributed by atoms with van der Waals surface area (Å²) in [6.45, 7) is -2.60. The SMILES string of the molecule is NC(=O)C1CC(=O)N(Cc2ccccc2OC(F)F)C1. The van der Waals surface area contributed by atoms with Gasteiger partial charge in [-0.3, -0.25) is 9.59 Å². The molecule has 2 rings (SSSR count). The Bertz CT molecular complexity index is 522. The molecule has 1 saturated heterocycles. The maximum absolute atomic E-state index is 12.3. The molecule has 0 saturated carbocycles. The van der Waals surface area contributed by atoms with Gasteiger partial charge >= 0.3 is 6.61 Å². The third kappa shape index (κ3) is 3.23. The number of carbonyl (C=O) groups is 2. The molecule has 1 aromatic rings. The van der Waals surface area contributed by atoms with E-state index >= 15 is 0 Å². The van der Waals surface area contributed by atoms with Crippen LogP contribution in [0.25, 0.3) is 0 Å². The van der Waals surface area contributed by atoms with Gasteiger partial charge in [-0.05, 0) is 6.07 Å². The minimum atomic E-state index is -2.93. The summed E-state index contributed by atoms with van der Waals surface area (Å²) in [6.07, 6.45) is 0.0627. The Morgan fingerprint density at radius 2 is 2.15 bits per heavy atom. The fourth-order valence-electron chi connectivity index (χ4n) is 2.17. The van der Waals surface area contributed by atoms with E-state index in [1.54, 1.807) is 18.2 Å². The van der Waals surface area contributed by atoms with Crippen LogP contribution < -0.4 is 10.5 Å². The summed E-state index contributed by atoms with van der Waals surface area (Å²) in [5.41, 5.74) is 5.63. The lowest BCUT2D eigenvalue weighted by Gasteiger charge is -2.18. The van der Waals surface area contributed by atoms with E-state index in [4.69, 9.17) is 5.73 Å². The largest absolute Gasteiger partial charge is 0.434 e. The summed E-state index contributed by atoms with van der Waals surface area (Å²) in [5.74, 6) is -1.25. The molecule has 1 unspecified atom stereocenters. The van der Waals surface area contributed by atoms with Gasteiger partial charge in [0.05, 0.1) is 5.92 Å². The molecule has 5 nitrogen and oxygen atoms in total. The average molecular weight is 284 g/mol. The Hall–Kier alpha value is -2.18. The van der Waals surface area contributed by atoms with Crippen LogP contribution in [0.4, 0.5) is 8.78 Å². The first-order chi connectivity index (χ1) is 9.47. The Morgan fingerprint density at radius 3 is 2.75 bits per heavy atom. The summed E-state index contributed by atoms with van der Waals surface area (Å²) >= 11 is 0. The number of primary amides is 1. The van der Waals surface area contributed by atoms with E-state index in [0.717, 1.165) is 0 Å². The molecule has 2 N–H and O–H groups in total. The molecule has 2 amide bonds. The minimum absolute atomic E-state index is 0.0258. The van der Waals surface area contributed by atoms with Crippen LogP contribution in [0.2, 0.25) is 0 Å². The van der Waals surface area contributed by atoms with Crippen LogP contribution >= 0.6 is 0 Å². The first-order valence-corrected chi connectivity index (χ1v) is 6.07. The predicted molar refractivity (Wildman–Crippen MR) is 65.8 cm³/mol. The number of para-hydroxylation sites is 1. The van der Waals surface area contributed by atoms with Crippen molar-refractivity contribution in [3.63, 3.8) is 0 Å². The molecule has 1 heterocycles. The van der Waals surface area contributed by atoms with E-state index < -0.39 is 18.4 Å². The highest BCUT2D eigenvalue weighted by Gasteiger charge is 2.33. The minimum Gasteiger partial charge on any atom is -0.434 e. The number of halogens is 2. The predicted octanol–water partition coefficient (Wildman–Crippen LogP) is 1.12. The topological polar surface area (TPSA) is 72.6 Å². The molecule has 20 heavy (non-hydrogen) atoms. The van der Waals surface area contributed by atoms with Gasteiger partial charge in [-0.1, -0.05) is 18.2 Å². The van der Waals surface area contributed by atoms with Crippen LogP contribution in [0.3, 0.4) is 0 Å². The number of likely N-dealkylation sites (tertiary alicyclic amines) is 1. The molecule has 0 spiro atoms. The molecule has 1 aromatic carbocycles. The number of rotatable bonds is 5. The molecule has 108 valence electrons. The van der Waals surface area contributed by atoms with Crippen molar-refractivity contribution in [3.8, 4) is 5.75 Å². The third-order valence-corrected chi connectivity index (χ3v) is 3.17. The van der Waals surface area contributed by atoms with Crippen molar-refractivity contribution in [1.29, 1.82) is 0 Å². The molecule has 1 aliphatic heterocycles. The van der Waals surface area contributed by atoms with Gasteiger partial charge in [0.25, 0.3) is 0 Å². The number of hydrogen-bond acceptors (Lipinski definition) is 3. The third-order valence-electron chi connectivity index (χ3n) is 3.17. The van der Waals surface area contributed by atoms with Crippen molar-refractivity contribution in [1.82, 2.24) is 4.90 Å². The summed E-state index contributed by atoms with van der Waals surface area (Å²) in [6, 6.07) is 6.25. The highest BCUT2D eigenvalue weighted by atomic mass is 19.3. The fraction of sp³-hybridized carbons (Fsp3) is 0.385. The zero-order valence-corrected chi connectivity index (χ0v) is 10.6. The van der Waals surface area contributed by atoms with Crippen molar-refractivity contribution in [2.75, 3.05) is 6.54 Å². The normalized spacial score (nSPS) is 18.6. The maximum atomic E-state index is 12.3. The number of nitrogens with two attached hydrogens (primary N) is 1. The lowest BCUT2D eigenvalue weighted by Crippen LogP contribution is -2.28. The number of amides is 2. The molecule has 1 aliphatic rings. The average Bonchev–Trinajstić information content (AvgIpc) is 2.73. The van der Waals surface area contributed by atoms with Gasteiger partial charge in [-0.25, -0.2) is 0 Å². The van der Waals surface area contributed by atoms with Gasteiger partial charge in [-0.15, -0.1) is 0 Å².